The van der Waals surface area contributed by atoms with Gasteiger partial charge in [-0.25, -0.2) is 9.13 Å². The van der Waals surface area contributed by atoms with E-state index in [-0.39, 0.29) is 24.8 Å². The van der Waals surface area contributed by atoms with Crippen LogP contribution in [0.5, 0.6) is 0 Å². The molecule has 2 rings (SSSR count). The first kappa shape index (κ1) is 25.8. The van der Waals surface area contributed by atoms with Crippen LogP contribution in [0, 0.1) is 13.8 Å². The van der Waals surface area contributed by atoms with E-state index >= 15 is 0 Å². The molecule has 2 heterocycles. The van der Waals surface area contributed by atoms with Gasteiger partial charge in [0.2, 0.25) is 0 Å². The number of nitrogens with zero attached hydrogens (tertiary/aromatic N) is 2. The van der Waals surface area contributed by atoms with Gasteiger partial charge in [0.05, 0.1) is 26.4 Å². The molecule has 0 N–H and O–H groups in total. The minimum absolute atomic E-state index is 0. The van der Waals surface area contributed by atoms with Crippen LogP contribution in [0.25, 0.3) is 0 Å². The Hall–Kier alpha value is -1.24. The Balaban J connectivity index is 0.00000338. The lowest BCUT2D eigenvalue weighted by molar-refractivity contribution is -0.704. The largest absolute Gasteiger partial charge is 1.00 e. The third-order valence-corrected chi connectivity index (χ3v) is 4.03. The molecule has 0 amide bonds. The highest BCUT2D eigenvalue weighted by Gasteiger charge is 2.04. The van der Waals surface area contributed by atoms with Crippen molar-refractivity contribution in [2.45, 2.75) is 26.9 Å². The number of halogens is 2. The maximum atomic E-state index is 5.60. The highest BCUT2D eigenvalue weighted by Crippen LogP contribution is 1.89. The highest BCUT2D eigenvalue weighted by atomic mass is 35.5. The van der Waals surface area contributed by atoms with Crippen molar-refractivity contribution in [2.24, 2.45) is 0 Å². The van der Waals surface area contributed by atoms with E-state index in [0.29, 0.717) is 39.6 Å². The summed E-state index contributed by atoms with van der Waals surface area (Å²) in [6, 6.07) is 12.4. The molecule has 2 aromatic rings. The van der Waals surface area contributed by atoms with Crippen molar-refractivity contribution in [1.29, 1.82) is 0 Å². The van der Waals surface area contributed by atoms with E-state index < -0.39 is 0 Å². The summed E-state index contributed by atoms with van der Waals surface area (Å²) in [7, 11) is 0. The molecular weight excluding hydrogens is 387 g/mol. The summed E-state index contributed by atoms with van der Waals surface area (Å²) >= 11 is 0. The lowest BCUT2D eigenvalue weighted by atomic mass is 10.3. The molecule has 0 saturated heterocycles. The zero-order chi connectivity index (χ0) is 17.7. The number of pyridine rings is 2. The van der Waals surface area contributed by atoms with Crippen molar-refractivity contribution in [1.82, 2.24) is 0 Å². The van der Waals surface area contributed by atoms with E-state index in [4.69, 9.17) is 14.2 Å². The van der Waals surface area contributed by atoms with Crippen LogP contribution in [0.2, 0.25) is 0 Å². The second kappa shape index (κ2) is 15.8. The highest BCUT2D eigenvalue weighted by molar-refractivity contribution is 4.94. The fourth-order valence-corrected chi connectivity index (χ4v) is 2.49. The van der Waals surface area contributed by atoms with Crippen molar-refractivity contribution < 1.29 is 48.2 Å². The standard InChI is InChI=1S/C20H30N2O3.2ClH/c1-19-7-3-5-9-21(19)11-13-23-15-17-25-18-16-24-14-12-22-10-6-4-8-20(22)2;;/h3-10H,11-18H2,1-2H3;2*1H/q+2;;/p-2. The van der Waals surface area contributed by atoms with Gasteiger partial charge < -0.3 is 39.0 Å². The Morgan fingerprint density at radius 3 is 1.33 bits per heavy atom. The molecule has 27 heavy (non-hydrogen) atoms. The number of ether oxygens (including phenoxy) is 3. The minimum atomic E-state index is 0. The van der Waals surface area contributed by atoms with Gasteiger partial charge >= 0.3 is 0 Å². The van der Waals surface area contributed by atoms with E-state index in [1.165, 1.54) is 11.4 Å². The van der Waals surface area contributed by atoms with E-state index in [2.05, 4.69) is 47.5 Å². The average Bonchev–Trinajstić information content (AvgIpc) is 2.62. The molecule has 0 spiro atoms. The molecule has 5 nitrogen and oxygen atoms in total. The molecule has 0 saturated carbocycles. The first-order valence-corrected chi connectivity index (χ1v) is 8.91. The Morgan fingerprint density at radius 1 is 0.593 bits per heavy atom. The molecule has 0 fully saturated rings. The van der Waals surface area contributed by atoms with Crippen LogP contribution in [-0.4, -0.2) is 39.6 Å². The van der Waals surface area contributed by atoms with E-state index in [9.17, 15) is 0 Å². The van der Waals surface area contributed by atoms with Crippen LogP contribution in [-0.2, 0) is 27.3 Å². The topological polar surface area (TPSA) is 35.5 Å². The van der Waals surface area contributed by atoms with Crippen LogP contribution >= 0.6 is 0 Å². The van der Waals surface area contributed by atoms with Gasteiger partial charge in [0.1, 0.15) is 13.2 Å². The molecule has 0 radical (unpaired) electrons. The van der Waals surface area contributed by atoms with Gasteiger partial charge in [-0.3, -0.25) is 0 Å². The number of rotatable bonds is 12. The van der Waals surface area contributed by atoms with Crippen LogP contribution in [0.15, 0.2) is 48.8 Å². The minimum Gasteiger partial charge on any atom is -1.00 e. The molecule has 0 atom stereocenters. The molecule has 0 aliphatic heterocycles. The smallest absolute Gasteiger partial charge is 0.178 e. The lowest BCUT2D eigenvalue weighted by Gasteiger charge is -2.06. The summed E-state index contributed by atoms with van der Waals surface area (Å²) < 4.78 is 21.1. The quantitative estimate of drug-likeness (QED) is 0.259. The van der Waals surface area contributed by atoms with Crippen molar-refractivity contribution in [3.8, 4) is 0 Å². The Morgan fingerprint density at radius 2 is 0.963 bits per heavy atom. The molecule has 0 aromatic carbocycles. The molecule has 0 unspecified atom stereocenters. The first-order valence-electron chi connectivity index (χ1n) is 8.91. The predicted octanol–water partition coefficient (Wildman–Crippen LogP) is -4.36. The second-order valence-electron chi connectivity index (χ2n) is 5.91. The molecular formula is C20H30Cl2N2O3. The SMILES string of the molecule is Cc1cccc[n+]1CCOCCOCCOCC[n+]1ccccc1C.[Cl-].[Cl-]. The van der Waals surface area contributed by atoms with Gasteiger partial charge in [0, 0.05) is 38.1 Å². The number of hydrogen-bond donors (Lipinski definition) is 0. The summed E-state index contributed by atoms with van der Waals surface area (Å²) in [4.78, 5) is 0. The molecule has 0 aliphatic rings. The Labute approximate surface area is 175 Å². The number of hydrogen-bond acceptors (Lipinski definition) is 3. The lowest BCUT2D eigenvalue weighted by Crippen LogP contribution is -3.00. The van der Waals surface area contributed by atoms with Crippen molar-refractivity contribution in [2.75, 3.05) is 39.6 Å². The summed E-state index contributed by atoms with van der Waals surface area (Å²) in [5.74, 6) is 0. The van der Waals surface area contributed by atoms with Crippen molar-refractivity contribution in [3.05, 3.63) is 60.2 Å². The van der Waals surface area contributed by atoms with Gasteiger partial charge in [0.15, 0.2) is 36.9 Å². The molecule has 2 aromatic heterocycles. The van der Waals surface area contributed by atoms with Crippen LogP contribution in [0.1, 0.15) is 11.4 Å². The molecule has 0 bridgehead atoms. The van der Waals surface area contributed by atoms with E-state index in [1.54, 1.807) is 0 Å². The zero-order valence-corrected chi connectivity index (χ0v) is 17.7. The van der Waals surface area contributed by atoms with E-state index in [1.807, 2.05) is 24.3 Å². The molecule has 152 valence electrons. The fourth-order valence-electron chi connectivity index (χ4n) is 2.49. The zero-order valence-electron chi connectivity index (χ0n) is 16.2. The first-order chi connectivity index (χ1) is 12.3. The maximum absolute atomic E-state index is 5.60. The summed E-state index contributed by atoms with van der Waals surface area (Å²) in [6.45, 7) is 9.77. The van der Waals surface area contributed by atoms with Gasteiger partial charge in [-0.05, 0) is 0 Å². The summed E-state index contributed by atoms with van der Waals surface area (Å²) in [5, 5.41) is 0. The summed E-state index contributed by atoms with van der Waals surface area (Å²) in [6.07, 6.45) is 4.14. The van der Waals surface area contributed by atoms with Gasteiger partial charge in [0.25, 0.3) is 0 Å². The van der Waals surface area contributed by atoms with Crippen LogP contribution < -0.4 is 33.9 Å². The number of aromatic nitrogens is 2. The van der Waals surface area contributed by atoms with E-state index in [0.717, 1.165) is 13.1 Å². The third-order valence-electron chi connectivity index (χ3n) is 4.03. The van der Waals surface area contributed by atoms with Crippen LogP contribution in [0.3, 0.4) is 0 Å². The van der Waals surface area contributed by atoms with Crippen molar-refractivity contribution in [3.63, 3.8) is 0 Å². The van der Waals surface area contributed by atoms with Gasteiger partial charge in [-0.15, -0.1) is 0 Å². The Kier molecular flexibility index (Phi) is 15.1. The van der Waals surface area contributed by atoms with Crippen molar-refractivity contribution >= 4 is 0 Å². The average molecular weight is 417 g/mol. The Bertz CT molecular complexity index is 576. The van der Waals surface area contributed by atoms with Gasteiger partial charge in [-0.1, -0.05) is 12.1 Å². The second-order valence-corrected chi connectivity index (χ2v) is 5.91. The fraction of sp³-hybridized carbons (Fsp3) is 0.500. The van der Waals surface area contributed by atoms with Gasteiger partial charge in [-0.2, -0.15) is 0 Å². The third kappa shape index (κ3) is 10.6. The normalized spacial score (nSPS) is 10.1. The molecule has 0 aliphatic carbocycles. The van der Waals surface area contributed by atoms with Crippen LogP contribution in [0.4, 0.5) is 0 Å². The molecule has 7 heteroatoms. The predicted molar refractivity (Wildman–Crippen MR) is 95.2 cm³/mol. The number of aryl methyl sites for hydroxylation is 2. The maximum Gasteiger partial charge on any atom is 0.178 e. The monoisotopic (exact) mass is 416 g/mol. The summed E-state index contributed by atoms with van der Waals surface area (Å²) in [5.41, 5.74) is 2.48.